The van der Waals surface area contributed by atoms with E-state index < -0.39 is 25.4 Å². The van der Waals surface area contributed by atoms with E-state index >= 15 is 0 Å². The number of hydrogen-bond donors (Lipinski definition) is 1. The molecule has 0 aliphatic rings. The fourth-order valence-corrected chi connectivity index (χ4v) is 0.335. The first-order valence-electron chi connectivity index (χ1n) is 2.82. The van der Waals surface area contributed by atoms with Gasteiger partial charge in [0.05, 0.1) is 12.5 Å². The first-order valence-corrected chi connectivity index (χ1v) is 8.06. The molecule has 1 unspecified atom stereocenters. The molecule has 0 spiro atoms. The number of rotatable bonds is 1. The molecule has 1 atom stereocenters. The van der Waals surface area contributed by atoms with E-state index in [2.05, 4.69) is 0 Å². The van der Waals surface area contributed by atoms with Crippen molar-refractivity contribution >= 4 is 40.0 Å². The molecular formula is C4H8Cl3F3OSi. The molecule has 0 aliphatic heterocycles. The number of hydrogen-bond acceptors (Lipinski definition) is 1. The highest BCUT2D eigenvalue weighted by atomic mass is 35.8. The van der Waals surface area contributed by atoms with E-state index in [9.17, 15) is 13.2 Å². The molecule has 0 aliphatic carbocycles. The van der Waals surface area contributed by atoms with Crippen molar-refractivity contribution in [3.63, 3.8) is 0 Å². The molecule has 0 aromatic carbocycles. The Morgan fingerprint density at radius 3 is 1.58 bits per heavy atom. The van der Waals surface area contributed by atoms with Crippen molar-refractivity contribution in [1.29, 1.82) is 0 Å². The van der Waals surface area contributed by atoms with Gasteiger partial charge in [-0.2, -0.15) is 13.2 Å². The zero-order valence-corrected chi connectivity index (χ0v) is 9.50. The Morgan fingerprint density at radius 2 is 1.58 bits per heavy atom. The molecular weight excluding hydrogens is 255 g/mol. The minimum Gasteiger partial charge on any atom is -0.393 e. The molecule has 0 saturated heterocycles. The second-order valence-corrected chi connectivity index (χ2v) is 8.35. The molecule has 0 aromatic heterocycles. The second-order valence-electron chi connectivity index (χ2n) is 1.92. The Balaban J connectivity index is 0. The highest BCUT2D eigenvalue weighted by Gasteiger charge is 2.28. The SMILES string of the molecule is CC(O)CC(F)(F)F.Cl[SiH](Cl)Cl. The van der Waals surface area contributed by atoms with E-state index in [-0.39, 0.29) is 0 Å². The molecule has 0 aromatic rings. The normalized spacial score (nSPS) is 13.8. The quantitative estimate of drug-likeness (QED) is 0.570. The van der Waals surface area contributed by atoms with E-state index in [1.165, 1.54) is 0 Å². The molecule has 0 amide bonds. The van der Waals surface area contributed by atoms with Crippen LogP contribution in [-0.2, 0) is 0 Å². The third-order valence-electron chi connectivity index (χ3n) is 0.527. The minimum absolute atomic E-state index is 1.10. The van der Waals surface area contributed by atoms with Crippen LogP contribution in [-0.4, -0.2) is 24.1 Å². The smallest absolute Gasteiger partial charge is 0.391 e. The van der Waals surface area contributed by atoms with Crippen molar-refractivity contribution in [2.75, 3.05) is 0 Å². The Morgan fingerprint density at radius 1 is 1.33 bits per heavy atom. The predicted octanol–water partition coefficient (Wildman–Crippen LogP) is 2.74. The molecule has 0 rings (SSSR count). The van der Waals surface area contributed by atoms with Gasteiger partial charge in [0.2, 0.25) is 0 Å². The fourth-order valence-electron chi connectivity index (χ4n) is 0.335. The topological polar surface area (TPSA) is 20.2 Å². The van der Waals surface area contributed by atoms with Gasteiger partial charge < -0.3 is 5.11 Å². The zero-order chi connectivity index (χ0) is 10.4. The number of aliphatic hydroxyl groups is 1. The zero-order valence-electron chi connectivity index (χ0n) is 6.08. The summed E-state index contributed by atoms with van der Waals surface area (Å²) < 4.78 is 33.4. The van der Waals surface area contributed by atoms with Crippen molar-refractivity contribution in [1.82, 2.24) is 0 Å². The van der Waals surface area contributed by atoms with Crippen LogP contribution in [0.5, 0.6) is 0 Å². The molecule has 1 N–H and O–H groups in total. The molecule has 0 heterocycles. The molecule has 0 fully saturated rings. The van der Waals surface area contributed by atoms with E-state index in [1.807, 2.05) is 0 Å². The van der Waals surface area contributed by atoms with Gasteiger partial charge in [-0.05, 0) is 6.92 Å². The van der Waals surface area contributed by atoms with Crippen molar-refractivity contribution in [3.05, 3.63) is 0 Å². The highest BCUT2D eigenvalue weighted by Crippen LogP contribution is 2.20. The lowest BCUT2D eigenvalue weighted by Crippen LogP contribution is -2.15. The summed E-state index contributed by atoms with van der Waals surface area (Å²) in [6, 6.07) is 0. The molecule has 0 bridgehead atoms. The maximum atomic E-state index is 11.1. The minimum atomic E-state index is -4.23. The van der Waals surface area contributed by atoms with Gasteiger partial charge in [-0.25, -0.2) is 0 Å². The fraction of sp³-hybridized carbons (Fsp3) is 1.00. The van der Waals surface area contributed by atoms with Crippen molar-refractivity contribution in [2.45, 2.75) is 25.6 Å². The van der Waals surface area contributed by atoms with Gasteiger partial charge in [0.15, 0.2) is 0 Å². The van der Waals surface area contributed by atoms with E-state index in [0.29, 0.717) is 0 Å². The summed E-state index contributed by atoms with van der Waals surface area (Å²) in [7, 11) is 0. The summed E-state index contributed by atoms with van der Waals surface area (Å²) in [6.45, 7) is -0.618. The predicted molar refractivity (Wildman–Crippen MR) is 47.1 cm³/mol. The van der Waals surface area contributed by atoms with Gasteiger partial charge in [0.1, 0.15) is 0 Å². The highest BCUT2D eigenvalue weighted by molar-refractivity contribution is 7.54. The third-order valence-corrected chi connectivity index (χ3v) is 0.527. The van der Waals surface area contributed by atoms with Crippen LogP contribution in [0.3, 0.4) is 0 Å². The van der Waals surface area contributed by atoms with E-state index in [0.717, 1.165) is 6.92 Å². The Kier molecular flexibility index (Phi) is 9.27. The third kappa shape index (κ3) is 30.8. The van der Waals surface area contributed by atoms with Gasteiger partial charge >= 0.3 is 12.9 Å². The Bertz CT molecular complexity index is 105. The van der Waals surface area contributed by atoms with Crippen LogP contribution in [0, 0.1) is 0 Å². The summed E-state index contributed by atoms with van der Waals surface area (Å²) in [5, 5.41) is 8.17. The van der Waals surface area contributed by atoms with Crippen molar-refractivity contribution in [3.8, 4) is 0 Å². The van der Waals surface area contributed by atoms with E-state index in [4.69, 9.17) is 38.3 Å². The summed E-state index contributed by atoms with van der Waals surface area (Å²) >= 11 is 14.8. The molecule has 8 heteroatoms. The summed E-state index contributed by atoms with van der Waals surface area (Å²) in [6.07, 6.45) is -6.63. The molecule has 0 radical (unpaired) electrons. The lowest BCUT2D eigenvalue weighted by Gasteiger charge is -2.06. The largest absolute Gasteiger partial charge is 0.393 e. The van der Waals surface area contributed by atoms with Crippen molar-refractivity contribution < 1.29 is 18.3 Å². The number of alkyl halides is 3. The lowest BCUT2D eigenvalue weighted by atomic mass is 10.3. The van der Waals surface area contributed by atoms with Crippen LogP contribution in [0.4, 0.5) is 13.2 Å². The van der Waals surface area contributed by atoms with Crippen LogP contribution in [0.1, 0.15) is 13.3 Å². The summed E-state index contributed by atoms with van der Waals surface area (Å²) in [5.74, 6) is 0. The van der Waals surface area contributed by atoms with Gasteiger partial charge in [0, 0.05) is 0 Å². The van der Waals surface area contributed by atoms with Crippen LogP contribution < -0.4 is 0 Å². The summed E-state index contributed by atoms with van der Waals surface area (Å²) in [4.78, 5) is 0. The van der Waals surface area contributed by atoms with Crippen LogP contribution in [0.25, 0.3) is 0 Å². The van der Waals surface area contributed by atoms with Crippen LogP contribution >= 0.6 is 33.2 Å². The molecule has 1 nitrogen and oxygen atoms in total. The second kappa shape index (κ2) is 7.26. The number of aliphatic hydroxyl groups excluding tert-OH is 1. The van der Waals surface area contributed by atoms with Crippen LogP contribution in [0.15, 0.2) is 0 Å². The van der Waals surface area contributed by atoms with E-state index in [1.54, 1.807) is 0 Å². The van der Waals surface area contributed by atoms with Crippen molar-refractivity contribution in [2.24, 2.45) is 0 Å². The lowest BCUT2D eigenvalue weighted by molar-refractivity contribution is -0.151. The first-order chi connectivity index (χ1) is 5.15. The summed E-state index contributed by atoms with van der Waals surface area (Å²) in [5.41, 5.74) is 0. The molecule has 12 heavy (non-hydrogen) atoms. The average molecular weight is 264 g/mol. The standard InChI is InChI=1S/C4H7F3O.Cl3HSi/c1-3(8)2-4(5,6)7;1-4(2)3/h3,8H,2H2,1H3;4H. The maximum Gasteiger partial charge on any atom is 0.391 e. The van der Waals surface area contributed by atoms with Gasteiger partial charge in [-0.1, -0.05) is 0 Å². The maximum absolute atomic E-state index is 11.1. The monoisotopic (exact) mass is 262 g/mol. The van der Waals surface area contributed by atoms with Crippen LogP contribution in [0.2, 0.25) is 0 Å². The molecule has 0 saturated carbocycles. The Labute approximate surface area is 84.1 Å². The van der Waals surface area contributed by atoms with Gasteiger partial charge in [-0.15, -0.1) is 33.2 Å². The van der Waals surface area contributed by atoms with Gasteiger partial charge in [0.25, 0.3) is 0 Å². The average Bonchev–Trinajstić information content (AvgIpc) is 1.52. The molecule has 76 valence electrons. The first kappa shape index (κ1) is 15.3. The van der Waals surface area contributed by atoms with Gasteiger partial charge in [-0.3, -0.25) is 0 Å². The Hall–Kier alpha value is 0.837. The number of halogens is 6.